The molecule has 7 heteroatoms. The Hall–Kier alpha value is -3.09. The number of hydrogen-bond acceptors (Lipinski definition) is 6. The van der Waals surface area contributed by atoms with Crippen molar-refractivity contribution in [3.8, 4) is 0 Å². The standard InChI is InChI=1S/C15H12N4O3/c20-13(14(21)15-17-9-18-19-15)7-12-6-11(8-22-12)5-10-1-3-16-4-2-10/h1-4,6,8-9H,5,7H2,(H,17,18,19). The molecule has 1 N–H and O–H groups in total. The predicted octanol–water partition coefficient (Wildman–Crippen LogP) is 1.38. The van der Waals surface area contributed by atoms with Crippen LogP contribution in [0.15, 0.2) is 47.6 Å². The number of carbonyl (C=O) groups is 2. The number of Topliss-reactive ketones (excluding diaryl/α,β-unsaturated/α-hetero) is 2. The van der Waals surface area contributed by atoms with Gasteiger partial charge in [-0.05, 0) is 29.3 Å². The van der Waals surface area contributed by atoms with E-state index in [1.165, 1.54) is 6.33 Å². The molecule has 0 aliphatic heterocycles. The number of H-pyrrole nitrogens is 1. The van der Waals surface area contributed by atoms with Crippen molar-refractivity contribution in [1.29, 1.82) is 0 Å². The maximum atomic E-state index is 11.9. The average molecular weight is 296 g/mol. The molecule has 0 aliphatic rings. The molecule has 7 nitrogen and oxygen atoms in total. The van der Waals surface area contributed by atoms with Gasteiger partial charge in [0.1, 0.15) is 12.1 Å². The Bertz CT molecular complexity index is 778. The third kappa shape index (κ3) is 3.14. The number of ketones is 2. The summed E-state index contributed by atoms with van der Waals surface area (Å²) in [6.45, 7) is 0. The number of hydrogen-bond donors (Lipinski definition) is 1. The summed E-state index contributed by atoms with van der Waals surface area (Å²) >= 11 is 0. The first-order valence-corrected chi connectivity index (χ1v) is 6.61. The van der Waals surface area contributed by atoms with Gasteiger partial charge in [-0.15, -0.1) is 5.10 Å². The number of pyridine rings is 1. The molecule has 3 aromatic heterocycles. The topological polar surface area (TPSA) is 102 Å². The van der Waals surface area contributed by atoms with Crippen LogP contribution < -0.4 is 0 Å². The molecule has 0 radical (unpaired) electrons. The maximum absolute atomic E-state index is 11.9. The number of nitrogens with zero attached hydrogens (tertiary/aromatic N) is 3. The molecule has 0 aromatic carbocycles. The van der Waals surface area contributed by atoms with Gasteiger partial charge in [-0.1, -0.05) is 0 Å². The Labute approximate surface area is 125 Å². The first kappa shape index (κ1) is 13.9. The van der Waals surface area contributed by atoms with E-state index in [0.717, 1.165) is 11.1 Å². The van der Waals surface area contributed by atoms with Gasteiger partial charge in [-0.2, -0.15) is 0 Å². The van der Waals surface area contributed by atoms with Crippen molar-refractivity contribution in [2.75, 3.05) is 0 Å². The highest BCUT2D eigenvalue weighted by molar-refractivity contribution is 6.42. The molecule has 0 aliphatic carbocycles. The molecule has 0 amide bonds. The van der Waals surface area contributed by atoms with Gasteiger partial charge in [0, 0.05) is 18.8 Å². The second kappa shape index (κ2) is 6.13. The van der Waals surface area contributed by atoms with Crippen LogP contribution in [0.2, 0.25) is 0 Å². The van der Waals surface area contributed by atoms with Gasteiger partial charge in [-0.25, -0.2) is 4.98 Å². The summed E-state index contributed by atoms with van der Waals surface area (Å²) in [5, 5.41) is 5.99. The summed E-state index contributed by atoms with van der Waals surface area (Å²) in [5.41, 5.74) is 2.02. The molecule has 3 aromatic rings. The van der Waals surface area contributed by atoms with E-state index in [1.807, 2.05) is 12.1 Å². The van der Waals surface area contributed by atoms with Crippen LogP contribution in [-0.4, -0.2) is 31.7 Å². The molecule has 0 fully saturated rings. The number of aromatic amines is 1. The number of furan rings is 1. The lowest BCUT2D eigenvalue weighted by atomic mass is 10.1. The van der Waals surface area contributed by atoms with E-state index in [1.54, 1.807) is 24.7 Å². The zero-order chi connectivity index (χ0) is 15.4. The van der Waals surface area contributed by atoms with Crippen molar-refractivity contribution in [3.63, 3.8) is 0 Å². The van der Waals surface area contributed by atoms with Gasteiger partial charge < -0.3 is 4.42 Å². The minimum Gasteiger partial charge on any atom is -0.469 e. The van der Waals surface area contributed by atoms with Crippen LogP contribution in [0.1, 0.15) is 27.5 Å². The smallest absolute Gasteiger partial charge is 0.268 e. The van der Waals surface area contributed by atoms with E-state index in [4.69, 9.17) is 4.42 Å². The van der Waals surface area contributed by atoms with Gasteiger partial charge >= 0.3 is 0 Å². The molecular weight excluding hydrogens is 284 g/mol. The highest BCUT2D eigenvalue weighted by Crippen LogP contribution is 2.14. The van der Waals surface area contributed by atoms with Crippen LogP contribution in [0.4, 0.5) is 0 Å². The average Bonchev–Trinajstić information content (AvgIpc) is 3.19. The van der Waals surface area contributed by atoms with Gasteiger partial charge in [0.2, 0.25) is 11.6 Å². The van der Waals surface area contributed by atoms with Crippen LogP contribution in [0.5, 0.6) is 0 Å². The van der Waals surface area contributed by atoms with Crippen molar-refractivity contribution < 1.29 is 14.0 Å². The van der Waals surface area contributed by atoms with Crippen LogP contribution in [-0.2, 0) is 17.6 Å². The number of rotatable bonds is 6. The number of carbonyl (C=O) groups excluding carboxylic acids is 2. The Morgan fingerprint density at radius 2 is 2.00 bits per heavy atom. The van der Waals surface area contributed by atoms with E-state index < -0.39 is 11.6 Å². The van der Waals surface area contributed by atoms with Crippen LogP contribution >= 0.6 is 0 Å². The fraction of sp³-hybridized carbons (Fsp3) is 0.133. The highest BCUT2D eigenvalue weighted by Gasteiger charge is 2.21. The third-order valence-corrected chi connectivity index (χ3v) is 3.07. The molecule has 3 rings (SSSR count). The van der Waals surface area contributed by atoms with Gasteiger partial charge in [0.15, 0.2) is 0 Å². The van der Waals surface area contributed by atoms with E-state index in [9.17, 15) is 9.59 Å². The van der Waals surface area contributed by atoms with Crippen molar-refractivity contribution in [3.05, 3.63) is 65.9 Å². The maximum Gasteiger partial charge on any atom is 0.268 e. The summed E-state index contributed by atoms with van der Waals surface area (Å²) in [6, 6.07) is 5.58. The molecule has 0 saturated heterocycles. The molecule has 0 bridgehead atoms. The van der Waals surface area contributed by atoms with E-state index in [2.05, 4.69) is 20.2 Å². The van der Waals surface area contributed by atoms with E-state index >= 15 is 0 Å². The summed E-state index contributed by atoms with van der Waals surface area (Å²) in [6.07, 6.45) is 6.84. The molecule has 110 valence electrons. The molecular formula is C15H12N4O3. The van der Waals surface area contributed by atoms with Gasteiger partial charge in [-0.3, -0.25) is 19.7 Å². The first-order valence-electron chi connectivity index (χ1n) is 6.61. The van der Waals surface area contributed by atoms with E-state index in [0.29, 0.717) is 12.2 Å². The Morgan fingerprint density at radius 3 is 2.73 bits per heavy atom. The summed E-state index contributed by atoms with van der Waals surface area (Å²) in [4.78, 5) is 31.3. The van der Waals surface area contributed by atoms with E-state index in [-0.39, 0.29) is 12.2 Å². The number of nitrogens with one attached hydrogen (secondary N) is 1. The fourth-order valence-electron chi connectivity index (χ4n) is 2.03. The SMILES string of the molecule is O=C(Cc1cc(Cc2ccncc2)co1)C(=O)c1nc[nH]n1. The minimum absolute atomic E-state index is 0.107. The molecule has 0 unspecified atom stereocenters. The third-order valence-electron chi connectivity index (χ3n) is 3.07. The zero-order valence-corrected chi connectivity index (χ0v) is 11.5. The quantitative estimate of drug-likeness (QED) is 0.544. The van der Waals surface area contributed by atoms with Crippen LogP contribution in [0, 0.1) is 0 Å². The lowest BCUT2D eigenvalue weighted by molar-refractivity contribution is -0.114. The predicted molar refractivity (Wildman–Crippen MR) is 75.2 cm³/mol. The monoisotopic (exact) mass is 296 g/mol. The van der Waals surface area contributed by atoms with Gasteiger partial charge in [0.25, 0.3) is 5.78 Å². The molecule has 0 atom stereocenters. The molecule has 22 heavy (non-hydrogen) atoms. The van der Waals surface area contributed by atoms with Crippen molar-refractivity contribution in [2.45, 2.75) is 12.8 Å². The Balaban J connectivity index is 1.64. The lowest BCUT2D eigenvalue weighted by Crippen LogP contribution is -2.17. The highest BCUT2D eigenvalue weighted by atomic mass is 16.3. The zero-order valence-electron chi connectivity index (χ0n) is 11.5. The van der Waals surface area contributed by atoms with Crippen LogP contribution in [0.25, 0.3) is 0 Å². The van der Waals surface area contributed by atoms with Crippen molar-refractivity contribution in [2.24, 2.45) is 0 Å². The summed E-state index contributed by atoms with van der Waals surface area (Å²) in [5.74, 6) is -1.02. The number of aromatic nitrogens is 4. The first-order chi connectivity index (χ1) is 10.7. The van der Waals surface area contributed by atoms with Crippen molar-refractivity contribution in [1.82, 2.24) is 20.2 Å². The normalized spacial score (nSPS) is 10.5. The molecule has 0 spiro atoms. The molecule has 0 saturated carbocycles. The Kier molecular flexibility index (Phi) is 3.86. The lowest BCUT2D eigenvalue weighted by Gasteiger charge is -1.96. The van der Waals surface area contributed by atoms with Crippen LogP contribution in [0.3, 0.4) is 0 Å². The minimum atomic E-state index is -0.728. The second-order valence-electron chi connectivity index (χ2n) is 4.71. The molecule has 3 heterocycles. The Morgan fingerprint density at radius 1 is 1.18 bits per heavy atom. The second-order valence-corrected chi connectivity index (χ2v) is 4.71. The van der Waals surface area contributed by atoms with Crippen molar-refractivity contribution >= 4 is 11.6 Å². The summed E-state index contributed by atoms with van der Waals surface area (Å²) < 4.78 is 5.34. The largest absolute Gasteiger partial charge is 0.469 e. The summed E-state index contributed by atoms with van der Waals surface area (Å²) in [7, 11) is 0. The van der Waals surface area contributed by atoms with Gasteiger partial charge in [0.05, 0.1) is 12.7 Å². The fourth-order valence-corrected chi connectivity index (χ4v) is 2.03.